The molecule has 0 aliphatic carbocycles. The van der Waals surface area contributed by atoms with Gasteiger partial charge in [0.1, 0.15) is 0 Å². The fourth-order valence-electron chi connectivity index (χ4n) is 2.13. The molecule has 1 aliphatic heterocycles. The molecule has 1 rings (SSSR count). The molecule has 0 spiro atoms. The van der Waals surface area contributed by atoms with Crippen LogP contribution < -0.4 is 5.73 Å². The lowest BCUT2D eigenvalue weighted by molar-refractivity contribution is -0.185. The first-order valence-corrected chi connectivity index (χ1v) is 6.92. The minimum Gasteiger partial charge on any atom is -0.393 e. The largest absolute Gasteiger partial charge is 0.393 e. The second-order valence-corrected chi connectivity index (χ2v) is 5.65. The van der Waals surface area contributed by atoms with Crippen molar-refractivity contribution >= 4 is 23.1 Å². The Morgan fingerprint density at radius 3 is 2.40 bits per heavy atom. The third kappa shape index (κ3) is 5.62. The molecule has 0 bridgehead atoms. The molecule has 0 aromatic carbocycles. The van der Waals surface area contributed by atoms with Crippen LogP contribution in [0, 0.1) is 5.92 Å². The lowest BCUT2D eigenvalue weighted by Gasteiger charge is -2.33. The van der Waals surface area contributed by atoms with Crippen LogP contribution in [0.2, 0.25) is 0 Å². The van der Waals surface area contributed by atoms with Gasteiger partial charge in [-0.1, -0.05) is 12.2 Å². The molecule has 0 saturated carbocycles. The predicted molar refractivity (Wildman–Crippen MR) is 74.3 cm³/mol. The van der Waals surface area contributed by atoms with E-state index < -0.39 is 12.1 Å². The van der Waals surface area contributed by atoms with E-state index in [9.17, 15) is 18.0 Å². The Labute approximate surface area is 122 Å². The lowest BCUT2D eigenvalue weighted by Crippen LogP contribution is -2.44. The number of hydrogen-bond acceptors (Lipinski definition) is 3. The number of nitrogens with two attached hydrogens (primary N) is 1. The van der Waals surface area contributed by atoms with Gasteiger partial charge in [-0.15, -0.1) is 0 Å². The van der Waals surface area contributed by atoms with Crippen molar-refractivity contribution < 1.29 is 18.0 Å². The van der Waals surface area contributed by atoms with Crippen molar-refractivity contribution in [3.05, 3.63) is 0 Å². The van der Waals surface area contributed by atoms with Crippen LogP contribution in [0.25, 0.3) is 0 Å². The molecule has 0 radical (unpaired) electrons. The summed E-state index contributed by atoms with van der Waals surface area (Å²) < 4.78 is 37.6. The number of thiocarbonyl (C=S) groups is 1. The van der Waals surface area contributed by atoms with Crippen LogP contribution >= 0.6 is 12.2 Å². The Morgan fingerprint density at radius 1 is 1.40 bits per heavy atom. The maximum atomic E-state index is 12.5. The Hall–Kier alpha value is -0.890. The Balaban J connectivity index is 2.32. The van der Waals surface area contributed by atoms with Crippen LogP contribution in [0.1, 0.15) is 19.3 Å². The summed E-state index contributed by atoms with van der Waals surface area (Å²) in [5.74, 6) is -1.35. The fraction of sp³-hybridized carbons (Fsp3) is 0.833. The molecule has 1 fully saturated rings. The summed E-state index contributed by atoms with van der Waals surface area (Å²) >= 11 is 4.73. The summed E-state index contributed by atoms with van der Waals surface area (Å²) in [5, 5.41) is 0. The number of halogens is 3. The van der Waals surface area contributed by atoms with Gasteiger partial charge in [-0.3, -0.25) is 9.69 Å². The number of hydrogen-bond donors (Lipinski definition) is 1. The Bertz CT molecular complexity index is 354. The number of rotatable bonds is 5. The molecule has 116 valence electrons. The van der Waals surface area contributed by atoms with E-state index >= 15 is 0 Å². The second kappa shape index (κ2) is 7.21. The van der Waals surface area contributed by atoms with E-state index in [4.69, 9.17) is 18.0 Å². The van der Waals surface area contributed by atoms with Gasteiger partial charge in [0.2, 0.25) is 5.91 Å². The van der Waals surface area contributed by atoms with Gasteiger partial charge in [0.25, 0.3) is 0 Å². The summed E-state index contributed by atoms with van der Waals surface area (Å²) in [6, 6.07) is 0. The molecule has 0 aromatic heterocycles. The number of likely N-dealkylation sites (N-methyl/N-ethyl adjacent to an activating group) is 1. The molecule has 1 amide bonds. The normalized spacial score (nSPS) is 18.0. The zero-order valence-electron chi connectivity index (χ0n) is 11.4. The molecule has 0 unspecified atom stereocenters. The fourth-order valence-corrected chi connectivity index (χ4v) is 2.22. The highest BCUT2D eigenvalue weighted by molar-refractivity contribution is 7.80. The van der Waals surface area contributed by atoms with E-state index in [0.717, 1.165) is 0 Å². The van der Waals surface area contributed by atoms with Gasteiger partial charge < -0.3 is 10.6 Å². The number of amides is 1. The summed E-state index contributed by atoms with van der Waals surface area (Å²) in [5.41, 5.74) is 5.36. The molecular formula is C12H20F3N3OS. The first-order valence-electron chi connectivity index (χ1n) is 6.51. The van der Waals surface area contributed by atoms with Crippen molar-refractivity contribution in [1.29, 1.82) is 0 Å². The summed E-state index contributed by atoms with van der Waals surface area (Å²) in [6.07, 6.45) is -3.54. The SMILES string of the molecule is CN(CCC(N)=S)C(=O)CN1CCC(C(F)(F)F)CC1. The summed E-state index contributed by atoms with van der Waals surface area (Å²) in [7, 11) is 1.64. The molecule has 0 aromatic rings. The van der Waals surface area contributed by atoms with Gasteiger partial charge >= 0.3 is 6.18 Å². The van der Waals surface area contributed by atoms with E-state index in [1.807, 2.05) is 0 Å². The number of nitrogens with zero attached hydrogens (tertiary/aromatic N) is 2. The molecule has 20 heavy (non-hydrogen) atoms. The van der Waals surface area contributed by atoms with E-state index in [-0.39, 0.29) is 25.3 Å². The highest BCUT2D eigenvalue weighted by atomic mass is 32.1. The zero-order valence-corrected chi connectivity index (χ0v) is 12.3. The van der Waals surface area contributed by atoms with Crippen LogP contribution in [0.5, 0.6) is 0 Å². The van der Waals surface area contributed by atoms with Crippen molar-refractivity contribution in [3.8, 4) is 0 Å². The predicted octanol–water partition coefficient (Wildman–Crippen LogP) is 1.40. The molecular weight excluding hydrogens is 291 g/mol. The minimum atomic E-state index is -4.12. The van der Waals surface area contributed by atoms with Gasteiger partial charge in [0.15, 0.2) is 0 Å². The molecule has 1 saturated heterocycles. The van der Waals surface area contributed by atoms with Crippen molar-refractivity contribution in [2.75, 3.05) is 33.2 Å². The van der Waals surface area contributed by atoms with Crippen molar-refractivity contribution in [3.63, 3.8) is 0 Å². The first-order chi connectivity index (χ1) is 9.20. The molecule has 2 N–H and O–H groups in total. The smallest absolute Gasteiger partial charge is 0.391 e. The van der Waals surface area contributed by atoms with E-state index in [1.54, 1.807) is 11.9 Å². The number of carbonyl (C=O) groups is 1. The van der Waals surface area contributed by atoms with Crippen molar-refractivity contribution in [2.45, 2.75) is 25.4 Å². The van der Waals surface area contributed by atoms with Crippen molar-refractivity contribution in [1.82, 2.24) is 9.80 Å². The van der Waals surface area contributed by atoms with Crippen LogP contribution in [0.15, 0.2) is 0 Å². The number of alkyl halides is 3. The van der Waals surface area contributed by atoms with Crippen LogP contribution in [0.4, 0.5) is 13.2 Å². The number of likely N-dealkylation sites (tertiary alicyclic amines) is 1. The quantitative estimate of drug-likeness (QED) is 0.780. The molecule has 8 heteroatoms. The average Bonchev–Trinajstić information content (AvgIpc) is 2.35. The highest BCUT2D eigenvalue weighted by Gasteiger charge is 2.41. The highest BCUT2D eigenvalue weighted by Crippen LogP contribution is 2.33. The van der Waals surface area contributed by atoms with Crippen LogP contribution in [-0.2, 0) is 4.79 Å². The van der Waals surface area contributed by atoms with Gasteiger partial charge in [0.05, 0.1) is 17.5 Å². The van der Waals surface area contributed by atoms with E-state index in [1.165, 1.54) is 4.90 Å². The maximum Gasteiger partial charge on any atom is 0.391 e. The minimum absolute atomic E-state index is 0.0629. The topological polar surface area (TPSA) is 49.6 Å². The second-order valence-electron chi connectivity index (χ2n) is 5.12. The standard InChI is InChI=1S/C12H20F3N3OS/c1-17(5-4-10(16)20)11(19)8-18-6-2-9(3-7-18)12(13,14)15/h9H,2-8H2,1H3,(H2,16,20). The zero-order chi connectivity index (χ0) is 15.3. The molecule has 1 heterocycles. The average molecular weight is 311 g/mol. The molecule has 0 atom stereocenters. The lowest BCUT2D eigenvalue weighted by atomic mass is 9.96. The van der Waals surface area contributed by atoms with E-state index in [2.05, 4.69) is 0 Å². The van der Waals surface area contributed by atoms with Crippen LogP contribution in [0.3, 0.4) is 0 Å². The van der Waals surface area contributed by atoms with Crippen molar-refractivity contribution in [2.24, 2.45) is 11.7 Å². The maximum absolute atomic E-state index is 12.5. The summed E-state index contributed by atoms with van der Waals surface area (Å²) in [4.78, 5) is 15.5. The Kier molecular flexibility index (Phi) is 6.19. The number of carbonyl (C=O) groups excluding carboxylic acids is 1. The number of piperidine rings is 1. The first kappa shape index (κ1) is 17.2. The molecule has 4 nitrogen and oxygen atoms in total. The van der Waals surface area contributed by atoms with Gasteiger partial charge in [-0.25, -0.2) is 0 Å². The van der Waals surface area contributed by atoms with E-state index in [0.29, 0.717) is 31.0 Å². The third-order valence-corrected chi connectivity index (χ3v) is 3.73. The summed E-state index contributed by atoms with van der Waals surface area (Å²) in [6.45, 7) is 1.20. The van der Waals surface area contributed by atoms with Gasteiger partial charge in [-0.05, 0) is 25.9 Å². The van der Waals surface area contributed by atoms with Gasteiger partial charge in [-0.2, -0.15) is 13.2 Å². The third-order valence-electron chi connectivity index (χ3n) is 3.53. The Morgan fingerprint density at radius 2 is 1.95 bits per heavy atom. The van der Waals surface area contributed by atoms with Crippen LogP contribution in [-0.4, -0.2) is 60.1 Å². The molecule has 1 aliphatic rings. The van der Waals surface area contributed by atoms with Gasteiger partial charge in [0, 0.05) is 20.0 Å². The monoisotopic (exact) mass is 311 g/mol.